The molecule has 0 spiro atoms. The first kappa shape index (κ1) is 14.8. The molecule has 4 heteroatoms. The van der Waals surface area contributed by atoms with Gasteiger partial charge in [0, 0.05) is 19.4 Å². The van der Waals surface area contributed by atoms with Crippen molar-refractivity contribution in [3.63, 3.8) is 0 Å². The molecule has 0 heterocycles. The predicted octanol–water partition coefficient (Wildman–Crippen LogP) is 3.91. The number of halogens is 1. The molecule has 0 aliphatic heterocycles. The lowest BCUT2D eigenvalue weighted by molar-refractivity contribution is -0.570. The molecule has 98 valence electrons. The Labute approximate surface area is 114 Å². The van der Waals surface area contributed by atoms with Gasteiger partial charge < -0.3 is 0 Å². The van der Waals surface area contributed by atoms with Crippen LogP contribution in [0.15, 0.2) is 40.6 Å². The largest absolute Gasteiger partial charge is 0.267 e. The van der Waals surface area contributed by atoms with Crippen molar-refractivity contribution in [3.05, 3.63) is 35.9 Å². The van der Waals surface area contributed by atoms with Crippen LogP contribution in [0, 0.1) is 0 Å². The molecule has 1 aromatic rings. The number of alkyl halides is 1. The predicted molar refractivity (Wildman–Crippen MR) is 76.7 cm³/mol. The molecule has 0 saturated carbocycles. The van der Waals surface area contributed by atoms with Crippen LogP contribution in [0.1, 0.15) is 33.3 Å². The van der Waals surface area contributed by atoms with Gasteiger partial charge in [-0.15, -0.1) is 5.11 Å². The van der Waals surface area contributed by atoms with Crippen LogP contribution >= 0.6 is 11.6 Å². The van der Waals surface area contributed by atoms with Crippen LogP contribution in [-0.2, 0) is 0 Å². The fraction of sp³-hybridized carbons (Fsp3) is 0.500. The number of benzene rings is 1. The maximum absolute atomic E-state index is 6.01. The van der Waals surface area contributed by atoms with Crippen LogP contribution in [0.3, 0.4) is 0 Å². The highest BCUT2D eigenvalue weighted by Gasteiger charge is 2.27. The van der Waals surface area contributed by atoms with Gasteiger partial charge >= 0.3 is 0 Å². The van der Waals surface area contributed by atoms with Crippen molar-refractivity contribution < 1.29 is 4.58 Å². The number of hydrogen-bond acceptors (Lipinski definition) is 2. The zero-order valence-electron chi connectivity index (χ0n) is 11.7. The summed E-state index contributed by atoms with van der Waals surface area (Å²) in [5, 5.41) is 8.43. The van der Waals surface area contributed by atoms with Crippen LogP contribution in [-0.4, -0.2) is 28.5 Å². The molecule has 0 aliphatic rings. The summed E-state index contributed by atoms with van der Waals surface area (Å²) in [5.41, 5.74) is 0.704. The highest BCUT2D eigenvalue weighted by atomic mass is 35.5. The molecule has 1 rings (SSSR count). The summed E-state index contributed by atoms with van der Waals surface area (Å²) in [6.45, 7) is 7.63. The highest BCUT2D eigenvalue weighted by molar-refractivity contribution is 6.23. The minimum absolute atomic E-state index is 0.429. The molecule has 0 bridgehead atoms. The Bertz CT molecular complexity index is 442. The second-order valence-corrected chi connectivity index (χ2v) is 6.18. The van der Waals surface area contributed by atoms with Crippen molar-refractivity contribution in [2.45, 2.75) is 38.4 Å². The van der Waals surface area contributed by atoms with E-state index in [4.69, 9.17) is 11.6 Å². The molecular formula is C14H21ClN3+. The van der Waals surface area contributed by atoms with Gasteiger partial charge in [0.2, 0.25) is 0 Å². The number of azo groups is 1. The van der Waals surface area contributed by atoms with Gasteiger partial charge in [-0.05, 0) is 26.0 Å². The van der Waals surface area contributed by atoms with Crippen molar-refractivity contribution >= 4 is 17.8 Å². The fourth-order valence-corrected chi connectivity index (χ4v) is 1.27. The second kappa shape index (κ2) is 5.61. The Morgan fingerprint density at radius 3 is 2.11 bits per heavy atom. The first-order valence-electron chi connectivity index (χ1n) is 5.96. The van der Waals surface area contributed by atoms with Crippen molar-refractivity contribution in [1.82, 2.24) is 0 Å². The summed E-state index contributed by atoms with van der Waals surface area (Å²) in [5.74, 6) is 0. The molecule has 0 radical (unpaired) electrons. The van der Waals surface area contributed by atoms with Gasteiger partial charge in [0.05, 0.1) is 0 Å². The summed E-state index contributed by atoms with van der Waals surface area (Å²) in [6.07, 6.45) is 2.04. The van der Waals surface area contributed by atoms with Crippen LogP contribution in [0.25, 0.3) is 0 Å². The third-order valence-corrected chi connectivity index (χ3v) is 2.61. The van der Waals surface area contributed by atoms with Crippen molar-refractivity contribution in [2.75, 3.05) is 7.05 Å². The van der Waals surface area contributed by atoms with E-state index in [0.717, 1.165) is 5.56 Å². The van der Waals surface area contributed by atoms with E-state index in [1.807, 2.05) is 63.7 Å². The smallest absolute Gasteiger partial charge is 0.212 e. The van der Waals surface area contributed by atoms with E-state index in [1.165, 1.54) is 0 Å². The fourth-order valence-electron chi connectivity index (χ4n) is 1.23. The van der Waals surface area contributed by atoms with Gasteiger partial charge in [0.15, 0.2) is 6.21 Å². The lowest BCUT2D eigenvalue weighted by Crippen LogP contribution is -2.32. The second-order valence-electron chi connectivity index (χ2n) is 5.25. The van der Waals surface area contributed by atoms with Crippen LogP contribution in [0.2, 0.25) is 0 Å². The quantitative estimate of drug-likeness (QED) is 0.260. The molecule has 3 nitrogen and oxygen atoms in total. The monoisotopic (exact) mass is 266 g/mol. The Hall–Kier alpha value is -1.22. The molecule has 0 unspecified atom stereocenters. The van der Waals surface area contributed by atoms with Gasteiger partial charge in [-0.2, -0.15) is 5.11 Å². The average Bonchev–Trinajstić information content (AvgIpc) is 2.27. The molecule has 0 amide bonds. The standard InChI is InChI=1S/C14H21ClN3/c1-13(2,15)16-17-14(3,4)18(5)11-12-9-7-6-8-10-12/h6-11H,1-5H3/q+1/b17-16+,18-11+. The van der Waals surface area contributed by atoms with Crippen molar-refractivity contribution in [3.8, 4) is 0 Å². The van der Waals surface area contributed by atoms with Gasteiger partial charge in [-0.25, -0.2) is 4.58 Å². The number of hydrogen-bond donors (Lipinski definition) is 0. The minimum atomic E-state index is -0.662. The van der Waals surface area contributed by atoms with Gasteiger partial charge in [0.1, 0.15) is 12.0 Å². The van der Waals surface area contributed by atoms with Crippen LogP contribution in [0.4, 0.5) is 0 Å². The molecule has 18 heavy (non-hydrogen) atoms. The molecule has 1 aromatic carbocycles. The van der Waals surface area contributed by atoms with E-state index in [0.29, 0.717) is 0 Å². The van der Waals surface area contributed by atoms with E-state index >= 15 is 0 Å². The van der Waals surface area contributed by atoms with E-state index < -0.39 is 10.7 Å². The maximum atomic E-state index is 6.01. The Morgan fingerprint density at radius 2 is 1.61 bits per heavy atom. The highest BCUT2D eigenvalue weighted by Crippen LogP contribution is 2.19. The average molecular weight is 267 g/mol. The van der Waals surface area contributed by atoms with E-state index in [2.05, 4.69) is 22.4 Å². The number of rotatable bonds is 4. The van der Waals surface area contributed by atoms with Gasteiger partial charge in [-0.1, -0.05) is 29.8 Å². The lowest BCUT2D eigenvalue weighted by Gasteiger charge is -2.16. The normalized spacial score (nSPS) is 14.2. The Balaban J connectivity index is 2.92. The molecule has 0 aliphatic carbocycles. The van der Waals surface area contributed by atoms with Crippen molar-refractivity contribution in [1.29, 1.82) is 0 Å². The molecule has 0 atom stereocenters. The topological polar surface area (TPSA) is 27.7 Å². The molecule has 0 aromatic heterocycles. The van der Waals surface area contributed by atoms with Gasteiger partial charge in [0.25, 0.3) is 5.66 Å². The van der Waals surface area contributed by atoms with E-state index in [1.54, 1.807) is 0 Å². The third-order valence-electron chi connectivity index (χ3n) is 2.54. The first-order valence-corrected chi connectivity index (χ1v) is 6.34. The van der Waals surface area contributed by atoms with Crippen LogP contribution < -0.4 is 0 Å². The first-order chi connectivity index (χ1) is 8.21. The Kier molecular flexibility index (Phi) is 4.63. The Morgan fingerprint density at radius 1 is 1.06 bits per heavy atom. The molecule has 0 saturated heterocycles. The number of nitrogens with zero attached hydrogens (tertiary/aromatic N) is 3. The summed E-state index contributed by atoms with van der Waals surface area (Å²) in [4.78, 5) is -0.662. The zero-order valence-corrected chi connectivity index (χ0v) is 12.4. The summed E-state index contributed by atoms with van der Waals surface area (Å²) in [6, 6.07) is 10.1. The minimum Gasteiger partial charge on any atom is -0.212 e. The molecule has 0 fully saturated rings. The molecule has 0 N–H and O–H groups in total. The third kappa shape index (κ3) is 4.96. The van der Waals surface area contributed by atoms with Gasteiger partial charge in [-0.3, -0.25) is 0 Å². The van der Waals surface area contributed by atoms with Crippen molar-refractivity contribution in [2.24, 2.45) is 10.2 Å². The molecular weight excluding hydrogens is 246 g/mol. The summed E-state index contributed by atoms with van der Waals surface area (Å²) < 4.78 is 2.02. The summed E-state index contributed by atoms with van der Waals surface area (Å²) >= 11 is 6.01. The zero-order chi connectivity index (χ0) is 13.8. The SMILES string of the molecule is C/[N+](=C\c1ccccc1)C(C)(C)/N=N/C(C)(C)Cl. The van der Waals surface area contributed by atoms with E-state index in [-0.39, 0.29) is 0 Å². The maximum Gasteiger partial charge on any atom is 0.267 e. The lowest BCUT2D eigenvalue weighted by atomic mass is 10.2. The van der Waals surface area contributed by atoms with Crippen LogP contribution in [0.5, 0.6) is 0 Å². The summed E-state index contributed by atoms with van der Waals surface area (Å²) in [7, 11) is 1.98. The van der Waals surface area contributed by atoms with E-state index in [9.17, 15) is 0 Å².